The maximum atomic E-state index is 13.0. The molecule has 0 aliphatic rings. The lowest BCUT2D eigenvalue weighted by Gasteiger charge is -2.25. The highest BCUT2D eigenvalue weighted by molar-refractivity contribution is 5.71. The number of carboxylic acids is 1. The Morgan fingerprint density at radius 3 is 0.859 bits per heavy atom. The summed E-state index contributed by atoms with van der Waals surface area (Å²) in [5.41, 5.74) is 0. The fraction of sp³-hybridized carbons (Fsp3) is 0.789. The lowest BCUT2D eigenvalue weighted by atomic mass is 10.0. The van der Waals surface area contributed by atoms with Crippen LogP contribution in [0.5, 0.6) is 0 Å². The molecule has 0 saturated heterocycles. The molecule has 99 heavy (non-hydrogen) atoms. The predicted octanol–water partition coefficient (Wildman–Crippen LogP) is 27.5. The van der Waals surface area contributed by atoms with Crippen LogP contribution >= 0.6 is 0 Å². The first-order chi connectivity index (χ1) is 48.6. The molecule has 2 atom stereocenters. The number of esters is 2. The van der Waals surface area contributed by atoms with Crippen molar-refractivity contribution >= 4 is 17.9 Å². The number of quaternary nitrogens is 1. The third-order valence-electron chi connectivity index (χ3n) is 18.8. The predicted molar refractivity (Wildman–Crippen MR) is 429 cm³/mol. The number of aliphatic carboxylic acids is 1. The van der Waals surface area contributed by atoms with Gasteiger partial charge >= 0.3 is 17.9 Å². The number of likely N-dealkylation sites (N-methyl/N-ethyl adjacent to an activating group) is 1. The van der Waals surface area contributed by atoms with E-state index in [9.17, 15) is 19.5 Å². The van der Waals surface area contributed by atoms with Crippen molar-refractivity contribution in [2.24, 2.45) is 0 Å². The zero-order chi connectivity index (χ0) is 71.8. The van der Waals surface area contributed by atoms with Crippen molar-refractivity contribution in [1.82, 2.24) is 0 Å². The second-order valence-corrected chi connectivity index (χ2v) is 29.8. The number of rotatable bonds is 79. The Morgan fingerprint density at radius 1 is 0.313 bits per heavy atom. The number of carbonyl (C=O) groups is 3. The molecule has 0 aromatic heterocycles. The van der Waals surface area contributed by atoms with Crippen LogP contribution < -0.4 is 0 Å². The fourth-order valence-corrected chi connectivity index (χ4v) is 12.4. The van der Waals surface area contributed by atoms with Crippen LogP contribution in [0.4, 0.5) is 0 Å². The van der Waals surface area contributed by atoms with Crippen LogP contribution in [0, 0.1) is 0 Å². The van der Waals surface area contributed by atoms with Crippen LogP contribution in [-0.2, 0) is 33.3 Å². The Balaban J connectivity index is 3.96. The van der Waals surface area contributed by atoms with Crippen molar-refractivity contribution in [3.8, 4) is 0 Å². The second-order valence-electron chi connectivity index (χ2n) is 29.8. The van der Waals surface area contributed by atoms with Crippen molar-refractivity contribution in [1.29, 1.82) is 0 Å². The van der Waals surface area contributed by atoms with E-state index in [0.717, 1.165) is 83.5 Å². The van der Waals surface area contributed by atoms with Crippen LogP contribution in [0.1, 0.15) is 399 Å². The third-order valence-corrected chi connectivity index (χ3v) is 18.8. The van der Waals surface area contributed by atoms with Gasteiger partial charge in [-0.1, -0.05) is 387 Å². The molecule has 0 fully saturated rings. The number of carboxylic acid groups (broad SMARTS) is 1. The van der Waals surface area contributed by atoms with E-state index in [1.807, 2.05) is 21.1 Å². The monoisotopic (exact) mass is 1390 g/mol. The van der Waals surface area contributed by atoms with Gasteiger partial charge in [0.25, 0.3) is 6.29 Å². The molecule has 574 valence electrons. The second kappa shape index (κ2) is 79.9. The van der Waals surface area contributed by atoms with E-state index in [-0.39, 0.29) is 38.2 Å². The average molecular weight is 1390 g/mol. The molecule has 0 amide bonds. The van der Waals surface area contributed by atoms with Gasteiger partial charge in [-0.3, -0.25) is 9.59 Å². The van der Waals surface area contributed by atoms with Crippen molar-refractivity contribution in [3.63, 3.8) is 0 Å². The number of hydrogen-bond acceptors (Lipinski definition) is 7. The Hall–Kier alpha value is -3.79. The Labute approximate surface area is 613 Å². The van der Waals surface area contributed by atoms with Crippen molar-refractivity contribution in [2.75, 3.05) is 47.5 Å². The van der Waals surface area contributed by atoms with Crippen LogP contribution in [0.15, 0.2) is 97.2 Å². The van der Waals surface area contributed by atoms with E-state index in [1.165, 1.54) is 289 Å². The highest BCUT2D eigenvalue weighted by atomic mass is 16.7. The van der Waals surface area contributed by atoms with Crippen LogP contribution in [-0.4, -0.2) is 87.4 Å². The van der Waals surface area contributed by atoms with E-state index >= 15 is 0 Å². The first kappa shape index (κ1) is 95.2. The molecular formula is C90H162NO8+. The summed E-state index contributed by atoms with van der Waals surface area (Å²) in [4.78, 5) is 37.8. The summed E-state index contributed by atoms with van der Waals surface area (Å²) >= 11 is 0. The van der Waals surface area contributed by atoms with E-state index in [4.69, 9.17) is 18.9 Å². The molecule has 0 bridgehead atoms. The molecule has 0 aromatic carbocycles. The minimum atomic E-state index is -1.51. The molecule has 2 unspecified atom stereocenters. The van der Waals surface area contributed by atoms with Gasteiger partial charge in [0.15, 0.2) is 6.10 Å². The number of nitrogens with zero attached hydrogens (tertiary/aromatic N) is 1. The summed E-state index contributed by atoms with van der Waals surface area (Å²) in [6, 6.07) is 0. The van der Waals surface area contributed by atoms with Gasteiger partial charge in [0.05, 0.1) is 34.4 Å². The molecule has 9 nitrogen and oxygen atoms in total. The third kappa shape index (κ3) is 81.4. The van der Waals surface area contributed by atoms with E-state index in [1.54, 1.807) is 0 Å². The van der Waals surface area contributed by atoms with Gasteiger partial charge in [0, 0.05) is 12.8 Å². The van der Waals surface area contributed by atoms with Crippen molar-refractivity contribution < 1.29 is 42.9 Å². The Bertz CT molecular complexity index is 1960. The summed E-state index contributed by atoms with van der Waals surface area (Å²) in [6.45, 7) is 4.81. The highest BCUT2D eigenvalue weighted by Crippen LogP contribution is 2.20. The van der Waals surface area contributed by atoms with Gasteiger partial charge in [-0.05, 0) is 96.3 Å². The maximum Gasteiger partial charge on any atom is 0.361 e. The molecule has 0 aliphatic carbocycles. The Kier molecular flexibility index (Phi) is 76.8. The smallest absolute Gasteiger partial charge is 0.361 e. The van der Waals surface area contributed by atoms with Crippen molar-refractivity contribution in [2.45, 2.75) is 411 Å². The van der Waals surface area contributed by atoms with E-state index in [0.29, 0.717) is 17.4 Å². The molecule has 0 aliphatic heterocycles. The normalized spacial score (nSPS) is 13.1. The zero-order valence-electron chi connectivity index (χ0n) is 65.9. The van der Waals surface area contributed by atoms with Gasteiger partial charge in [-0.2, -0.15) is 0 Å². The van der Waals surface area contributed by atoms with E-state index in [2.05, 4.69) is 111 Å². The summed E-state index contributed by atoms with van der Waals surface area (Å²) in [6.07, 6.45) is 109. The van der Waals surface area contributed by atoms with Gasteiger partial charge in [-0.15, -0.1) is 0 Å². The molecule has 0 radical (unpaired) electrons. The quantitative estimate of drug-likeness (QED) is 0.0211. The van der Waals surface area contributed by atoms with Gasteiger partial charge in [-0.25, -0.2) is 4.79 Å². The molecule has 0 aromatic rings. The molecule has 0 saturated carbocycles. The minimum absolute atomic E-state index is 0.180. The van der Waals surface area contributed by atoms with Crippen LogP contribution in [0.25, 0.3) is 0 Å². The van der Waals surface area contributed by atoms with Crippen molar-refractivity contribution in [3.05, 3.63) is 97.2 Å². The molecule has 1 N–H and O–H groups in total. The lowest BCUT2D eigenvalue weighted by Crippen LogP contribution is -2.40. The standard InChI is InChI=1S/C90H161NO8/c1-6-8-10-12-14-16-18-20-22-24-26-28-30-32-34-36-38-40-42-43-44-45-47-48-50-52-54-56-58-60-62-64-66-68-70-72-74-76-78-80-87(92)97-84-86(85-98-90(89(94)95)96-83-82-91(3,4)5)99-88(93)81-79-77-75-73-71-69-67-65-63-61-59-57-55-53-51-49-46-41-39-37-35-33-31-29-27-25-23-21-19-17-15-13-11-9-7-2/h9,11,15,17-18,20-21,23-24,26-27,29,33,35,39,41,86,90H,6-8,10,12-14,16,19,22,25,28,30-32,34,36-38,40,42-85H2,1-5H3/p+1/b11-9-,17-15-,20-18-,23-21-,26-24-,29-27-,35-33-,41-39-. The number of hydrogen-bond donors (Lipinski definition) is 1. The fourth-order valence-electron chi connectivity index (χ4n) is 12.4. The first-order valence-corrected chi connectivity index (χ1v) is 42.4. The summed E-state index contributed by atoms with van der Waals surface area (Å²) in [5.74, 6) is -1.98. The number of carbonyl (C=O) groups excluding carboxylic acids is 2. The summed E-state index contributed by atoms with van der Waals surface area (Å²) in [7, 11) is 5.99. The molecule has 0 spiro atoms. The molecule has 0 rings (SSSR count). The average Bonchev–Trinajstić information content (AvgIpc) is 1.16. The van der Waals surface area contributed by atoms with Gasteiger partial charge in [0.1, 0.15) is 13.2 Å². The van der Waals surface area contributed by atoms with Crippen LogP contribution in [0.3, 0.4) is 0 Å². The zero-order valence-corrected chi connectivity index (χ0v) is 65.9. The lowest BCUT2D eigenvalue weighted by molar-refractivity contribution is -0.870. The summed E-state index contributed by atoms with van der Waals surface area (Å²) < 4.78 is 23.1. The van der Waals surface area contributed by atoms with Gasteiger partial charge < -0.3 is 28.5 Å². The highest BCUT2D eigenvalue weighted by Gasteiger charge is 2.25. The number of unbranched alkanes of at least 4 members (excludes halogenated alkanes) is 48. The van der Waals surface area contributed by atoms with Gasteiger partial charge in [0.2, 0.25) is 0 Å². The Morgan fingerprint density at radius 2 is 0.576 bits per heavy atom. The SMILES string of the molecule is CC/C=C\C/C=C\C/C=C\C/C=C\C/C=C\C/C=C\CCCCCCCCCCCCCCCCCCC(=O)OC(COC(=O)CCCCCCCCCCCCCCCCCCCCCCCCCCCCC/C=C\C/C=C\CCCCCCC)COC(OCC[N+](C)(C)C)C(=O)O. The molecule has 0 heterocycles. The topological polar surface area (TPSA) is 108 Å². The maximum absolute atomic E-state index is 13.0. The first-order valence-electron chi connectivity index (χ1n) is 42.4. The molecular weight excluding hydrogens is 1220 g/mol. The summed E-state index contributed by atoms with van der Waals surface area (Å²) in [5, 5.41) is 9.79. The largest absolute Gasteiger partial charge is 0.477 e. The van der Waals surface area contributed by atoms with E-state index < -0.39 is 18.4 Å². The van der Waals surface area contributed by atoms with Crippen LogP contribution in [0.2, 0.25) is 0 Å². The minimum Gasteiger partial charge on any atom is -0.477 e. The molecule has 9 heteroatoms. The number of allylic oxidation sites excluding steroid dienone is 16. The number of ether oxygens (including phenoxy) is 4.